The van der Waals surface area contributed by atoms with Crippen LogP contribution < -0.4 is 9.47 Å². The summed E-state index contributed by atoms with van der Waals surface area (Å²) >= 11 is 5.71. The molecule has 0 bridgehead atoms. The summed E-state index contributed by atoms with van der Waals surface area (Å²) in [6.07, 6.45) is 0.603. The summed E-state index contributed by atoms with van der Waals surface area (Å²) in [5.41, 5.74) is 1.01. The van der Waals surface area contributed by atoms with Gasteiger partial charge in [-0.05, 0) is 35.7 Å². The van der Waals surface area contributed by atoms with Crippen molar-refractivity contribution in [2.75, 3.05) is 13.7 Å². The molecule has 0 aliphatic rings. The predicted octanol–water partition coefficient (Wildman–Crippen LogP) is 1.86. The van der Waals surface area contributed by atoms with E-state index in [1.807, 2.05) is 12.1 Å². The van der Waals surface area contributed by atoms with Crippen molar-refractivity contribution in [3.63, 3.8) is 0 Å². The first kappa shape index (κ1) is 13.5. The molecule has 0 aliphatic heterocycles. The minimum absolute atomic E-state index is 0.00116. The second-order valence-electron chi connectivity index (χ2n) is 3.59. The molecule has 0 unspecified atom stereocenters. The van der Waals surface area contributed by atoms with Crippen molar-refractivity contribution in [2.24, 2.45) is 0 Å². The maximum absolute atomic E-state index is 8.83. The Labute approximate surface area is 115 Å². The number of methoxy groups -OCH3 is 1. The van der Waals surface area contributed by atoms with E-state index < -0.39 is 0 Å². The molecule has 0 aliphatic carbocycles. The Balaban J connectivity index is 2.14. The lowest BCUT2D eigenvalue weighted by atomic mass is 10.1. The van der Waals surface area contributed by atoms with Crippen LogP contribution in [0.4, 0.5) is 0 Å². The summed E-state index contributed by atoms with van der Waals surface area (Å²) in [5.74, 6) is 0.561. The molecule has 1 aromatic carbocycles. The molecule has 0 amide bonds. The topological polar surface area (TPSA) is 77.4 Å². The van der Waals surface area contributed by atoms with Gasteiger partial charge in [-0.3, -0.25) is 0 Å². The van der Waals surface area contributed by atoms with Crippen LogP contribution in [0.5, 0.6) is 17.8 Å². The molecule has 0 fully saturated rings. The van der Waals surface area contributed by atoms with E-state index in [4.69, 9.17) is 26.2 Å². The summed E-state index contributed by atoms with van der Waals surface area (Å²) in [6.45, 7) is 0.112. The Morgan fingerprint density at radius 1 is 1.11 bits per heavy atom. The van der Waals surface area contributed by atoms with Crippen LogP contribution >= 0.6 is 11.6 Å². The first-order valence-corrected chi connectivity index (χ1v) is 5.92. The molecule has 0 radical (unpaired) electrons. The van der Waals surface area contributed by atoms with Gasteiger partial charge < -0.3 is 14.6 Å². The van der Waals surface area contributed by atoms with E-state index in [9.17, 15) is 0 Å². The van der Waals surface area contributed by atoms with Crippen LogP contribution in [0.25, 0.3) is 0 Å². The third-order valence-electron chi connectivity index (χ3n) is 2.28. The molecule has 6 nitrogen and oxygen atoms in total. The van der Waals surface area contributed by atoms with Gasteiger partial charge in [-0.15, -0.1) is 4.98 Å². The number of aliphatic hydroxyl groups excluding tert-OH is 1. The Hall–Kier alpha value is -1.92. The van der Waals surface area contributed by atoms with Crippen LogP contribution in [0.2, 0.25) is 5.28 Å². The number of hydrogen-bond donors (Lipinski definition) is 1. The van der Waals surface area contributed by atoms with Gasteiger partial charge in [0.25, 0.3) is 0 Å². The van der Waals surface area contributed by atoms with Crippen LogP contribution in [-0.4, -0.2) is 33.8 Å². The number of nitrogens with zero attached hydrogens (tertiary/aromatic N) is 3. The Kier molecular flexibility index (Phi) is 4.48. The van der Waals surface area contributed by atoms with Crippen molar-refractivity contribution in [2.45, 2.75) is 6.42 Å². The molecule has 7 heteroatoms. The molecule has 2 rings (SSSR count). The quantitative estimate of drug-likeness (QED) is 0.901. The predicted molar refractivity (Wildman–Crippen MR) is 68.7 cm³/mol. The highest BCUT2D eigenvalue weighted by Gasteiger charge is 2.07. The maximum atomic E-state index is 8.83. The highest BCUT2D eigenvalue weighted by Crippen LogP contribution is 2.21. The van der Waals surface area contributed by atoms with Crippen molar-refractivity contribution in [1.29, 1.82) is 0 Å². The van der Waals surface area contributed by atoms with Gasteiger partial charge in [-0.2, -0.15) is 9.97 Å². The fraction of sp³-hybridized carbons (Fsp3) is 0.250. The number of rotatable bonds is 5. The summed E-state index contributed by atoms with van der Waals surface area (Å²) in [7, 11) is 1.43. The molecular weight excluding hydrogens is 270 g/mol. The third kappa shape index (κ3) is 3.77. The minimum Gasteiger partial charge on any atom is -0.467 e. The third-order valence-corrected chi connectivity index (χ3v) is 2.45. The number of aromatic nitrogens is 3. The summed E-state index contributed by atoms with van der Waals surface area (Å²) in [5, 5.41) is 8.82. The van der Waals surface area contributed by atoms with Crippen molar-refractivity contribution >= 4 is 11.6 Å². The fourth-order valence-corrected chi connectivity index (χ4v) is 1.55. The van der Waals surface area contributed by atoms with Crippen LogP contribution in [0.15, 0.2) is 24.3 Å². The van der Waals surface area contributed by atoms with E-state index in [0.717, 1.165) is 5.56 Å². The number of halogens is 1. The lowest BCUT2D eigenvalue weighted by Gasteiger charge is -2.05. The van der Waals surface area contributed by atoms with Gasteiger partial charge in [0.15, 0.2) is 0 Å². The lowest BCUT2D eigenvalue weighted by molar-refractivity contribution is 0.299. The summed E-state index contributed by atoms with van der Waals surface area (Å²) < 4.78 is 10.3. The van der Waals surface area contributed by atoms with E-state index in [-0.39, 0.29) is 23.9 Å². The number of benzene rings is 1. The van der Waals surface area contributed by atoms with Crippen LogP contribution in [0.1, 0.15) is 5.56 Å². The molecule has 1 heterocycles. The number of hydrogen-bond acceptors (Lipinski definition) is 6. The molecule has 0 saturated carbocycles. The molecule has 2 aromatic rings. The van der Waals surface area contributed by atoms with Crippen molar-refractivity contribution in [1.82, 2.24) is 15.0 Å². The van der Waals surface area contributed by atoms with Crippen LogP contribution in [0.3, 0.4) is 0 Å². The van der Waals surface area contributed by atoms with Crippen molar-refractivity contribution < 1.29 is 14.6 Å². The molecule has 100 valence electrons. The van der Waals surface area contributed by atoms with E-state index in [1.54, 1.807) is 12.1 Å². The number of aliphatic hydroxyl groups is 1. The molecule has 1 aromatic heterocycles. The zero-order chi connectivity index (χ0) is 13.7. The minimum atomic E-state index is -0.00116. The van der Waals surface area contributed by atoms with Gasteiger partial charge in [-0.1, -0.05) is 12.1 Å². The smallest absolute Gasteiger partial charge is 0.329 e. The molecule has 1 N–H and O–H groups in total. The molecule has 0 atom stereocenters. The Morgan fingerprint density at radius 2 is 1.79 bits per heavy atom. The first-order chi connectivity index (χ1) is 9.21. The van der Waals surface area contributed by atoms with E-state index in [2.05, 4.69) is 15.0 Å². The largest absolute Gasteiger partial charge is 0.467 e. The van der Waals surface area contributed by atoms with Crippen molar-refractivity contribution in [3.05, 3.63) is 35.1 Å². The zero-order valence-corrected chi connectivity index (χ0v) is 11.0. The highest BCUT2D eigenvalue weighted by molar-refractivity contribution is 6.28. The second kappa shape index (κ2) is 6.31. The molecule has 0 saturated heterocycles. The molecule has 0 spiro atoms. The van der Waals surface area contributed by atoms with Gasteiger partial charge in [-0.25, -0.2) is 0 Å². The second-order valence-corrected chi connectivity index (χ2v) is 3.93. The number of ether oxygens (including phenoxy) is 2. The molecular formula is C12H12ClN3O3. The van der Waals surface area contributed by atoms with Gasteiger partial charge in [0.05, 0.1) is 7.11 Å². The van der Waals surface area contributed by atoms with E-state index >= 15 is 0 Å². The maximum Gasteiger partial charge on any atom is 0.329 e. The Bertz CT molecular complexity index is 548. The standard InChI is InChI=1S/C12H12ClN3O3/c1-18-11-14-10(13)15-12(16-11)19-9-4-2-8(3-5-9)6-7-17/h2-5,17H,6-7H2,1H3. The summed E-state index contributed by atoms with van der Waals surface area (Å²) in [4.78, 5) is 11.5. The SMILES string of the molecule is COc1nc(Cl)nc(Oc2ccc(CCO)cc2)n1. The summed E-state index contributed by atoms with van der Waals surface area (Å²) in [6, 6.07) is 7.38. The van der Waals surface area contributed by atoms with Gasteiger partial charge in [0.2, 0.25) is 5.28 Å². The van der Waals surface area contributed by atoms with Gasteiger partial charge in [0.1, 0.15) is 5.75 Å². The average Bonchev–Trinajstić information content (AvgIpc) is 2.40. The van der Waals surface area contributed by atoms with Crippen molar-refractivity contribution in [3.8, 4) is 17.8 Å². The normalized spacial score (nSPS) is 10.3. The molecule has 19 heavy (non-hydrogen) atoms. The van der Waals surface area contributed by atoms with Crippen LogP contribution in [-0.2, 0) is 6.42 Å². The monoisotopic (exact) mass is 281 g/mol. The van der Waals surface area contributed by atoms with Gasteiger partial charge >= 0.3 is 12.0 Å². The lowest BCUT2D eigenvalue weighted by Crippen LogP contribution is -1.98. The zero-order valence-electron chi connectivity index (χ0n) is 10.2. The van der Waals surface area contributed by atoms with Crippen LogP contribution in [0, 0.1) is 0 Å². The Morgan fingerprint density at radius 3 is 2.42 bits per heavy atom. The van der Waals surface area contributed by atoms with E-state index in [0.29, 0.717) is 12.2 Å². The fourth-order valence-electron chi connectivity index (χ4n) is 1.41. The van der Waals surface area contributed by atoms with Gasteiger partial charge in [0, 0.05) is 6.61 Å². The first-order valence-electron chi connectivity index (χ1n) is 5.54. The van der Waals surface area contributed by atoms with E-state index in [1.165, 1.54) is 7.11 Å². The highest BCUT2D eigenvalue weighted by atomic mass is 35.5. The average molecular weight is 282 g/mol.